The van der Waals surface area contributed by atoms with E-state index in [1.807, 2.05) is 0 Å². The summed E-state index contributed by atoms with van der Waals surface area (Å²) in [5.74, 6) is -0.876. The Labute approximate surface area is 65.3 Å². The van der Waals surface area contributed by atoms with Crippen LogP contribution in [0.15, 0.2) is 5.16 Å². The van der Waals surface area contributed by atoms with E-state index >= 15 is 0 Å². The van der Waals surface area contributed by atoms with Crippen molar-refractivity contribution in [3.05, 3.63) is 0 Å². The topological polar surface area (TPSA) is 87.7 Å². The summed E-state index contributed by atoms with van der Waals surface area (Å²) in [4.78, 5) is 11.0. The van der Waals surface area contributed by atoms with Crippen LogP contribution in [0.3, 0.4) is 0 Å². The Balaban J connectivity index is 4.02. The normalized spacial score (nSPS) is 14.2. The molecule has 0 aliphatic rings. The number of rotatable bonds is 3. The summed E-state index contributed by atoms with van der Waals surface area (Å²) in [6.45, 7) is 3.92. The predicted octanol–water partition coefficient (Wildman–Crippen LogP) is -0.495. The number of nitrogens with zero attached hydrogens (tertiary/aromatic N) is 1. The summed E-state index contributed by atoms with van der Waals surface area (Å²) < 4.78 is 0. The fourth-order valence-corrected chi connectivity index (χ4v) is 0.548. The first-order valence-corrected chi connectivity index (χ1v) is 3.38. The number of nitrogens with one attached hydrogen (secondary N) is 1. The molecule has 5 nitrogen and oxygen atoms in total. The van der Waals surface area contributed by atoms with Gasteiger partial charge in [0.25, 0.3) is 0 Å². The van der Waals surface area contributed by atoms with Gasteiger partial charge in [-0.25, -0.2) is 0 Å². The number of nitrogens with two attached hydrogens (primary N) is 1. The lowest BCUT2D eigenvalue weighted by molar-refractivity contribution is -0.122. The van der Waals surface area contributed by atoms with Crippen molar-refractivity contribution in [2.45, 2.75) is 13.8 Å². The van der Waals surface area contributed by atoms with E-state index in [-0.39, 0.29) is 11.7 Å². The van der Waals surface area contributed by atoms with Gasteiger partial charge < -0.3 is 16.3 Å². The Morgan fingerprint density at radius 2 is 2.36 bits per heavy atom. The van der Waals surface area contributed by atoms with Crippen LogP contribution in [-0.2, 0) is 4.79 Å². The van der Waals surface area contributed by atoms with Gasteiger partial charge >= 0.3 is 0 Å². The standard InChI is InChI=1S/C6H13N3O2/c1-3-8-6(10)4(2)5(7)9-11/h4,11H,3H2,1-2H3,(H2,7,9)(H,8,10). The zero-order valence-electron chi connectivity index (χ0n) is 6.66. The fraction of sp³-hybridized carbons (Fsp3) is 0.667. The van der Waals surface area contributed by atoms with Crippen LogP contribution < -0.4 is 11.1 Å². The van der Waals surface area contributed by atoms with Gasteiger partial charge in [0.15, 0.2) is 5.84 Å². The molecule has 0 fully saturated rings. The minimum absolute atomic E-state index is 0.0732. The first-order valence-electron chi connectivity index (χ1n) is 3.38. The molecule has 0 saturated carbocycles. The molecule has 0 saturated heterocycles. The van der Waals surface area contributed by atoms with Crippen LogP contribution >= 0.6 is 0 Å². The molecule has 0 rings (SSSR count). The van der Waals surface area contributed by atoms with Crippen molar-refractivity contribution in [3.63, 3.8) is 0 Å². The summed E-state index contributed by atoms with van der Waals surface area (Å²) >= 11 is 0. The summed E-state index contributed by atoms with van der Waals surface area (Å²) in [5.41, 5.74) is 5.19. The van der Waals surface area contributed by atoms with Crippen molar-refractivity contribution >= 4 is 11.7 Å². The van der Waals surface area contributed by atoms with Crippen LogP contribution in [0.25, 0.3) is 0 Å². The van der Waals surface area contributed by atoms with Crippen molar-refractivity contribution in [1.82, 2.24) is 5.32 Å². The average Bonchev–Trinajstić information content (AvgIpc) is 2.02. The lowest BCUT2D eigenvalue weighted by Crippen LogP contribution is -2.36. The molecule has 11 heavy (non-hydrogen) atoms. The van der Waals surface area contributed by atoms with Gasteiger partial charge in [0.1, 0.15) is 0 Å². The third kappa shape index (κ3) is 2.88. The van der Waals surface area contributed by atoms with E-state index in [0.717, 1.165) is 0 Å². The van der Waals surface area contributed by atoms with Gasteiger partial charge in [0, 0.05) is 6.54 Å². The van der Waals surface area contributed by atoms with Crippen LogP contribution in [0.1, 0.15) is 13.8 Å². The number of amidine groups is 1. The number of carbonyl (C=O) groups is 1. The zero-order valence-corrected chi connectivity index (χ0v) is 6.66. The van der Waals surface area contributed by atoms with Crippen molar-refractivity contribution < 1.29 is 10.0 Å². The molecule has 0 aromatic heterocycles. The highest BCUT2D eigenvalue weighted by atomic mass is 16.4. The van der Waals surface area contributed by atoms with Crippen LogP contribution in [-0.4, -0.2) is 23.5 Å². The number of hydrogen-bond acceptors (Lipinski definition) is 3. The Morgan fingerprint density at radius 1 is 1.82 bits per heavy atom. The molecule has 4 N–H and O–H groups in total. The van der Waals surface area contributed by atoms with Crippen LogP contribution in [0.4, 0.5) is 0 Å². The second-order valence-electron chi connectivity index (χ2n) is 2.14. The molecule has 1 unspecified atom stereocenters. The molecule has 0 spiro atoms. The highest BCUT2D eigenvalue weighted by molar-refractivity contribution is 6.01. The van der Waals surface area contributed by atoms with Gasteiger partial charge in [-0.05, 0) is 13.8 Å². The highest BCUT2D eigenvalue weighted by Crippen LogP contribution is 1.93. The largest absolute Gasteiger partial charge is 0.409 e. The molecule has 0 aliphatic heterocycles. The van der Waals surface area contributed by atoms with Gasteiger partial charge in [-0.15, -0.1) is 0 Å². The number of hydrogen-bond donors (Lipinski definition) is 3. The highest BCUT2D eigenvalue weighted by Gasteiger charge is 2.15. The second-order valence-corrected chi connectivity index (χ2v) is 2.14. The molecule has 0 radical (unpaired) electrons. The van der Waals surface area contributed by atoms with E-state index < -0.39 is 5.92 Å². The molecular weight excluding hydrogens is 146 g/mol. The molecule has 5 heteroatoms. The van der Waals surface area contributed by atoms with Crippen molar-refractivity contribution in [1.29, 1.82) is 0 Å². The van der Waals surface area contributed by atoms with Crippen molar-refractivity contribution in [2.24, 2.45) is 16.8 Å². The van der Waals surface area contributed by atoms with E-state index in [2.05, 4.69) is 10.5 Å². The van der Waals surface area contributed by atoms with Crippen molar-refractivity contribution in [3.8, 4) is 0 Å². The Kier molecular flexibility index (Phi) is 4.02. The van der Waals surface area contributed by atoms with E-state index in [1.165, 1.54) is 0 Å². The lowest BCUT2D eigenvalue weighted by Gasteiger charge is -2.07. The molecule has 0 bridgehead atoms. The van der Waals surface area contributed by atoms with E-state index in [0.29, 0.717) is 6.54 Å². The summed E-state index contributed by atoms with van der Waals surface area (Å²) in [7, 11) is 0. The van der Waals surface area contributed by atoms with Gasteiger partial charge in [-0.2, -0.15) is 0 Å². The SMILES string of the molecule is CCNC(=O)C(C)/C(N)=N/O. The predicted molar refractivity (Wildman–Crippen MR) is 41.3 cm³/mol. The summed E-state index contributed by atoms with van der Waals surface area (Å²) in [6, 6.07) is 0. The minimum Gasteiger partial charge on any atom is -0.409 e. The quantitative estimate of drug-likeness (QED) is 0.224. The Morgan fingerprint density at radius 3 is 2.73 bits per heavy atom. The molecule has 0 aliphatic carbocycles. The lowest BCUT2D eigenvalue weighted by atomic mass is 10.1. The summed E-state index contributed by atoms with van der Waals surface area (Å²) in [5, 5.41) is 13.5. The molecule has 1 atom stereocenters. The van der Waals surface area contributed by atoms with Crippen molar-refractivity contribution in [2.75, 3.05) is 6.54 Å². The average molecular weight is 159 g/mol. The molecule has 1 amide bonds. The van der Waals surface area contributed by atoms with Gasteiger partial charge in [-0.1, -0.05) is 5.16 Å². The summed E-state index contributed by atoms with van der Waals surface area (Å²) in [6.07, 6.45) is 0. The van der Waals surface area contributed by atoms with E-state index in [1.54, 1.807) is 13.8 Å². The second kappa shape index (κ2) is 4.54. The molecule has 64 valence electrons. The number of oxime groups is 1. The first kappa shape index (κ1) is 9.74. The van der Waals surface area contributed by atoms with Crippen LogP contribution in [0.2, 0.25) is 0 Å². The Bertz CT molecular complexity index is 167. The monoisotopic (exact) mass is 159 g/mol. The maximum Gasteiger partial charge on any atom is 0.230 e. The maximum atomic E-state index is 11.0. The zero-order chi connectivity index (χ0) is 8.85. The van der Waals surface area contributed by atoms with Crippen LogP contribution in [0.5, 0.6) is 0 Å². The van der Waals surface area contributed by atoms with Gasteiger partial charge in [-0.3, -0.25) is 4.79 Å². The smallest absolute Gasteiger partial charge is 0.230 e. The van der Waals surface area contributed by atoms with Gasteiger partial charge in [0.2, 0.25) is 5.91 Å². The molecule has 0 aromatic rings. The van der Waals surface area contributed by atoms with Crippen LogP contribution in [0, 0.1) is 5.92 Å². The molecule has 0 aromatic carbocycles. The third-order valence-corrected chi connectivity index (χ3v) is 1.30. The van der Waals surface area contributed by atoms with E-state index in [4.69, 9.17) is 10.9 Å². The minimum atomic E-state index is -0.569. The maximum absolute atomic E-state index is 11.0. The Hall–Kier alpha value is -1.26. The molecular formula is C6H13N3O2. The number of amides is 1. The molecule has 0 heterocycles. The first-order chi connectivity index (χ1) is 5.13. The van der Waals surface area contributed by atoms with E-state index in [9.17, 15) is 4.79 Å². The fourth-order valence-electron chi connectivity index (χ4n) is 0.548. The van der Waals surface area contributed by atoms with Gasteiger partial charge in [0.05, 0.1) is 5.92 Å². The number of carbonyl (C=O) groups excluding carboxylic acids is 1. The third-order valence-electron chi connectivity index (χ3n) is 1.30.